The standard InChI is InChI=1S/C15H23NOS2/c1-16-14(8-12-3-6-18-10-12)13-2-5-17-15(9-13)4-7-19-11-15/h3,6,10,13-14,16H,2,4-5,7-9,11H2,1H3. The van der Waals surface area contributed by atoms with Crippen molar-refractivity contribution in [3.05, 3.63) is 22.4 Å². The highest BCUT2D eigenvalue weighted by Gasteiger charge is 2.42. The quantitative estimate of drug-likeness (QED) is 0.922. The maximum atomic E-state index is 6.14. The first-order valence-corrected chi connectivity index (χ1v) is 9.31. The van der Waals surface area contributed by atoms with Crippen molar-refractivity contribution in [1.29, 1.82) is 0 Å². The Labute approximate surface area is 124 Å². The highest BCUT2D eigenvalue weighted by Crippen LogP contribution is 2.41. The summed E-state index contributed by atoms with van der Waals surface area (Å²) in [6, 6.07) is 2.86. The fourth-order valence-electron chi connectivity index (χ4n) is 3.44. The number of nitrogens with one attached hydrogen (secondary N) is 1. The fraction of sp³-hybridized carbons (Fsp3) is 0.733. The Morgan fingerprint density at radius 1 is 1.58 bits per heavy atom. The van der Waals surface area contributed by atoms with Crippen molar-refractivity contribution >= 4 is 23.1 Å². The maximum Gasteiger partial charge on any atom is 0.0783 e. The molecular weight excluding hydrogens is 274 g/mol. The Hall–Kier alpha value is -0.0300. The molecule has 0 aliphatic carbocycles. The molecule has 1 spiro atoms. The van der Waals surface area contributed by atoms with Gasteiger partial charge in [-0.05, 0) is 66.8 Å². The first-order chi connectivity index (χ1) is 9.31. The number of hydrogen-bond acceptors (Lipinski definition) is 4. The summed E-state index contributed by atoms with van der Waals surface area (Å²) in [5.74, 6) is 3.25. The molecule has 3 rings (SSSR count). The van der Waals surface area contributed by atoms with E-state index in [1.54, 1.807) is 11.3 Å². The van der Waals surface area contributed by atoms with Crippen molar-refractivity contribution in [2.75, 3.05) is 25.2 Å². The molecule has 0 aromatic carbocycles. The van der Waals surface area contributed by atoms with E-state index in [0.717, 1.165) is 18.9 Å². The number of likely N-dealkylation sites (N-methyl/N-ethyl adjacent to an activating group) is 1. The third kappa shape index (κ3) is 3.18. The van der Waals surface area contributed by atoms with Gasteiger partial charge in [0.1, 0.15) is 0 Å². The third-order valence-corrected chi connectivity index (χ3v) is 6.53. The molecule has 4 heteroatoms. The van der Waals surface area contributed by atoms with Crippen LogP contribution in [-0.2, 0) is 11.2 Å². The Morgan fingerprint density at radius 2 is 2.53 bits per heavy atom. The van der Waals surface area contributed by atoms with Gasteiger partial charge in [-0.2, -0.15) is 23.1 Å². The molecule has 2 fully saturated rings. The lowest BCUT2D eigenvalue weighted by Gasteiger charge is -2.41. The lowest BCUT2D eigenvalue weighted by molar-refractivity contribution is -0.0847. The minimum absolute atomic E-state index is 0.206. The van der Waals surface area contributed by atoms with Crippen molar-refractivity contribution in [3.8, 4) is 0 Å². The fourth-order valence-corrected chi connectivity index (χ4v) is 5.50. The van der Waals surface area contributed by atoms with Crippen LogP contribution in [0.1, 0.15) is 24.8 Å². The minimum atomic E-state index is 0.206. The molecule has 1 N–H and O–H groups in total. The summed E-state index contributed by atoms with van der Waals surface area (Å²) in [5, 5.41) is 8.02. The molecule has 0 bridgehead atoms. The summed E-state index contributed by atoms with van der Waals surface area (Å²) in [6.45, 7) is 0.951. The van der Waals surface area contributed by atoms with Gasteiger partial charge in [0.25, 0.3) is 0 Å². The van der Waals surface area contributed by atoms with Gasteiger partial charge in [-0.15, -0.1) is 0 Å². The molecule has 0 saturated carbocycles. The molecule has 0 radical (unpaired) electrons. The molecule has 3 unspecified atom stereocenters. The van der Waals surface area contributed by atoms with Crippen LogP contribution in [0.4, 0.5) is 0 Å². The molecule has 106 valence electrons. The zero-order valence-corrected chi connectivity index (χ0v) is 13.2. The first kappa shape index (κ1) is 13.9. The molecule has 2 nitrogen and oxygen atoms in total. The van der Waals surface area contributed by atoms with Crippen LogP contribution in [0.2, 0.25) is 0 Å². The van der Waals surface area contributed by atoms with Gasteiger partial charge >= 0.3 is 0 Å². The second-order valence-electron chi connectivity index (χ2n) is 5.82. The smallest absolute Gasteiger partial charge is 0.0783 e. The van der Waals surface area contributed by atoms with Gasteiger partial charge in [0, 0.05) is 18.4 Å². The predicted molar refractivity (Wildman–Crippen MR) is 84.2 cm³/mol. The molecule has 3 heterocycles. The average molecular weight is 297 g/mol. The van der Waals surface area contributed by atoms with Gasteiger partial charge in [-0.1, -0.05) is 0 Å². The lowest BCUT2D eigenvalue weighted by atomic mass is 9.79. The van der Waals surface area contributed by atoms with E-state index in [9.17, 15) is 0 Å². The molecule has 19 heavy (non-hydrogen) atoms. The van der Waals surface area contributed by atoms with Gasteiger partial charge in [-0.3, -0.25) is 0 Å². The molecule has 3 atom stereocenters. The number of ether oxygens (including phenoxy) is 1. The first-order valence-electron chi connectivity index (χ1n) is 7.21. The number of thioether (sulfide) groups is 1. The second-order valence-corrected chi connectivity index (χ2v) is 7.70. The van der Waals surface area contributed by atoms with E-state index < -0.39 is 0 Å². The molecular formula is C15H23NOS2. The predicted octanol–water partition coefficient (Wildman–Crippen LogP) is 3.18. The molecule has 2 saturated heterocycles. The van der Waals surface area contributed by atoms with Gasteiger partial charge in [0.15, 0.2) is 0 Å². The van der Waals surface area contributed by atoms with E-state index in [0.29, 0.717) is 6.04 Å². The van der Waals surface area contributed by atoms with Gasteiger partial charge in [-0.25, -0.2) is 0 Å². The number of thiophene rings is 1. The van der Waals surface area contributed by atoms with Crippen LogP contribution in [0, 0.1) is 5.92 Å². The summed E-state index contributed by atoms with van der Waals surface area (Å²) in [7, 11) is 2.11. The van der Waals surface area contributed by atoms with Gasteiger partial charge < -0.3 is 10.1 Å². The van der Waals surface area contributed by atoms with Crippen molar-refractivity contribution in [1.82, 2.24) is 5.32 Å². The molecule has 2 aliphatic rings. The SMILES string of the molecule is CNC(Cc1ccsc1)C1CCOC2(CCSC2)C1. The zero-order chi connectivity index (χ0) is 13.1. The van der Waals surface area contributed by atoms with Gasteiger partial charge in [0.2, 0.25) is 0 Å². The highest BCUT2D eigenvalue weighted by molar-refractivity contribution is 7.99. The van der Waals surface area contributed by atoms with Crippen molar-refractivity contribution in [3.63, 3.8) is 0 Å². The van der Waals surface area contributed by atoms with Crippen LogP contribution in [0.3, 0.4) is 0 Å². The number of hydrogen-bond donors (Lipinski definition) is 1. The molecule has 1 aromatic rings. The van der Waals surface area contributed by atoms with Crippen LogP contribution in [0.25, 0.3) is 0 Å². The molecule has 2 aliphatic heterocycles. The highest BCUT2D eigenvalue weighted by atomic mass is 32.2. The van der Waals surface area contributed by atoms with E-state index >= 15 is 0 Å². The van der Waals surface area contributed by atoms with E-state index in [4.69, 9.17) is 4.74 Å². The van der Waals surface area contributed by atoms with Crippen LogP contribution in [0.5, 0.6) is 0 Å². The summed E-state index contributed by atoms with van der Waals surface area (Å²) >= 11 is 3.86. The molecule has 1 aromatic heterocycles. The van der Waals surface area contributed by atoms with E-state index in [2.05, 4.69) is 41.0 Å². The van der Waals surface area contributed by atoms with Crippen molar-refractivity contribution < 1.29 is 4.74 Å². The van der Waals surface area contributed by atoms with Crippen LogP contribution < -0.4 is 5.32 Å². The van der Waals surface area contributed by atoms with Crippen LogP contribution in [0.15, 0.2) is 16.8 Å². The summed E-state index contributed by atoms with van der Waals surface area (Å²) in [6.07, 6.45) is 4.87. The van der Waals surface area contributed by atoms with E-state index in [1.807, 2.05) is 0 Å². The normalized spacial score (nSPS) is 32.8. The van der Waals surface area contributed by atoms with Crippen LogP contribution >= 0.6 is 23.1 Å². The van der Waals surface area contributed by atoms with E-state index in [1.165, 1.54) is 36.3 Å². The van der Waals surface area contributed by atoms with E-state index in [-0.39, 0.29) is 5.60 Å². The van der Waals surface area contributed by atoms with Crippen molar-refractivity contribution in [2.24, 2.45) is 5.92 Å². The largest absolute Gasteiger partial charge is 0.374 e. The monoisotopic (exact) mass is 297 g/mol. The summed E-state index contributed by atoms with van der Waals surface area (Å²) < 4.78 is 6.14. The average Bonchev–Trinajstić information content (AvgIpc) is 3.08. The van der Waals surface area contributed by atoms with Gasteiger partial charge in [0.05, 0.1) is 5.60 Å². The zero-order valence-electron chi connectivity index (χ0n) is 11.6. The van der Waals surface area contributed by atoms with Crippen molar-refractivity contribution in [2.45, 2.75) is 37.3 Å². The number of rotatable bonds is 4. The Balaban J connectivity index is 1.65. The second kappa shape index (κ2) is 6.17. The Morgan fingerprint density at radius 3 is 3.21 bits per heavy atom. The topological polar surface area (TPSA) is 21.3 Å². The third-order valence-electron chi connectivity index (χ3n) is 4.57. The summed E-state index contributed by atoms with van der Waals surface area (Å²) in [5.41, 5.74) is 1.68. The maximum absolute atomic E-state index is 6.14. The Bertz CT molecular complexity index is 387. The Kier molecular flexibility index (Phi) is 4.52. The lowest BCUT2D eigenvalue weighted by Crippen LogP contribution is -2.47. The summed E-state index contributed by atoms with van der Waals surface area (Å²) in [4.78, 5) is 0. The van der Waals surface area contributed by atoms with Crippen LogP contribution in [-0.4, -0.2) is 36.8 Å². The molecule has 0 amide bonds. The minimum Gasteiger partial charge on any atom is -0.374 e.